The molecule has 130 valence electrons. The van der Waals surface area contributed by atoms with Gasteiger partial charge >= 0.3 is 0 Å². The number of para-hydroxylation sites is 2. The van der Waals surface area contributed by atoms with Crippen molar-refractivity contribution >= 4 is 17.3 Å². The van der Waals surface area contributed by atoms with Crippen molar-refractivity contribution in [3.8, 4) is 0 Å². The van der Waals surface area contributed by atoms with E-state index in [-0.39, 0.29) is 23.8 Å². The van der Waals surface area contributed by atoms with Gasteiger partial charge in [0.1, 0.15) is 5.69 Å². The molecule has 3 rings (SSSR count). The first-order valence-corrected chi connectivity index (χ1v) is 8.63. The summed E-state index contributed by atoms with van der Waals surface area (Å²) in [6.07, 6.45) is 5.28. The number of nitro groups is 1. The summed E-state index contributed by atoms with van der Waals surface area (Å²) in [5.41, 5.74) is 0.189. The van der Waals surface area contributed by atoms with Crippen LogP contribution in [0.4, 0.5) is 11.4 Å². The zero-order chi connectivity index (χ0) is 16.9. The molecule has 1 amide bonds. The lowest BCUT2D eigenvalue weighted by Gasteiger charge is -2.37. The molecule has 0 bridgehead atoms. The first-order valence-electron chi connectivity index (χ1n) is 8.63. The number of amides is 1. The smallest absolute Gasteiger partial charge is 0.292 e. The molecule has 2 aliphatic rings. The van der Waals surface area contributed by atoms with Gasteiger partial charge in [-0.05, 0) is 18.9 Å². The van der Waals surface area contributed by atoms with E-state index in [9.17, 15) is 14.9 Å². The number of hydrogen-bond acceptors (Lipinski definition) is 5. The maximum atomic E-state index is 12.2. The van der Waals surface area contributed by atoms with Crippen molar-refractivity contribution in [2.45, 2.75) is 31.7 Å². The van der Waals surface area contributed by atoms with Crippen LogP contribution < -0.4 is 5.32 Å². The molecular formula is C17H24N4O3. The zero-order valence-corrected chi connectivity index (χ0v) is 13.8. The minimum absolute atomic E-state index is 0.0723. The van der Waals surface area contributed by atoms with E-state index < -0.39 is 4.92 Å². The van der Waals surface area contributed by atoms with Crippen LogP contribution in [0.1, 0.15) is 25.7 Å². The van der Waals surface area contributed by atoms with Crippen LogP contribution in [0.25, 0.3) is 0 Å². The Morgan fingerprint density at radius 1 is 1.17 bits per heavy atom. The second-order valence-electron chi connectivity index (χ2n) is 6.57. The standard InChI is InChI=1S/C17H24N4O3/c22-17(18-15-7-3-4-8-16(15)21(23)24)13-19-9-11-20(12-10-19)14-5-1-2-6-14/h3-4,7-8,14H,1-2,5-6,9-13H2,(H,18,22). The molecule has 0 spiro atoms. The van der Waals surface area contributed by atoms with Gasteiger partial charge in [-0.2, -0.15) is 0 Å². The van der Waals surface area contributed by atoms with Gasteiger partial charge in [0.05, 0.1) is 11.5 Å². The van der Waals surface area contributed by atoms with Crippen molar-refractivity contribution in [2.75, 3.05) is 38.0 Å². The number of hydrogen-bond donors (Lipinski definition) is 1. The number of carbonyl (C=O) groups is 1. The van der Waals surface area contributed by atoms with Gasteiger partial charge in [-0.1, -0.05) is 25.0 Å². The molecule has 1 heterocycles. The third-order valence-corrected chi connectivity index (χ3v) is 4.99. The SMILES string of the molecule is O=C(CN1CCN(C2CCCC2)CC1)Nc1ccccc1[N+](=O)[O-]. The second kappa shape index (κ2) is 7.72. The lowest BCUT2D eigenvalue weighted by atomic mass is 10.2. The summed E-state index contributed by atoms with van der Waals surface area (Å²) in [6, 6.07) is 6.97. The van der Waals surface area contributed by atoms with Gasteiger partial charge in [-0.25, -0.2) is 0 Å². The van der Waals surface area contributed by atoms with Crippen molar-refractivity contribution in [1.29, 1.82) is 0 Å². The Kier molecular flexibility index (Phi) is 5.42. The van der Waals surface area contributed by atoms with Crippen LogP contribution in [0, 0.1) is 10.1 Å². The van der Waals surface area contributed by atoms with E-state index in [0.717, 1.165) is 32.2 Å². The minimum atomic E-state index is -0.476. The molecule has 0 radical (unpaired) electrons. The summed E-state index contributed by atoms with van der Waals surface area (Å²) in [4.78, 5) is 27.4. The van der Waals surface area contributed by atoms with Crippen molar-refractivity contribution in [1.82, 2.24) is 9.80 Å². The monoisotopic (exact) mass is 332 g/mol. The third kappa shape index (κ3) is 4.10. The molecule has 1 aliphatic heterocycles. The first-order chi connectivity index (χ1) is 11.6. The van der Waals surface area contributed by atoms with E-state index in [1.807, 2.05) is 0 Å². The second-order valence-corrected chi connectivity index (χ2v) is 6.57. The fourth-order valence-corrected chi connectivity index (χ4v) is 3.69. The zero-order valence-electron chi connectivity index (χ0n) is 13.8. The molecule has 1 saturated carbocycles. The highest BCUT2D eigenvalue weighted by Gasteiger charge is 2.27. The molecule has 7 heteroatoms. The summed E-state index contributed by atoms with van der Waals surface area (Å²) in [6.45, 7) is 4.04. The molecule has 2 fully saturated rings. The Morgan fingerprint density at radius 3 is 2.50 bits per heavy atom. The maximum absolute atomic E-state index is 12.2. The predicted octanol–water partition coefficient (Wildman–Crippen LogP) is 2.09. The minimum Gasteiger partial charge on any atom is -0.319 e. The van der Waals surface area contributed by atoms with Gasteiger partial charge in [0.25, 0.3) is 5.69 Å². The first kappa shape index (κ1) is 16.9. The molecule has 1 aromatic rings. The number of rotatable bonds is 5. The van der Waals surface area contributed by atoms with E-state index >= 15 is 0 Å². The van der Waals surface area contributed by atoms with Crippen LogP contribution in [-0.4, -0.2) is 59.4 Å². The van der Waals surface area contributed by atoms with Gasteiger partial charge in [-0.3, -0.25) is 24.7 Å². The average Bonchev–Trinajstić information content (AvgIpc) is 3.10. The van der Waals surface area contributed by atoms with E-state index in [1.165, 1.54) is 31.7 Å². The van der Waals surface area contributed by atoms with Crippen LogP contribution >= 0.6 is 0 Å². The Labute approximate surface area is 141 Å². The number of piperazine rings is 1. The van der Waals surface area contributed by atoms with Crippen LogP contribution in [0.15, 0.2) is 24.3 Å². The lowest BCUT2D eigenvalue weighted by molar-refractivity contribution is -0.383. The van der Waals surface area contributed by atoms with E-state index in [0.29, 0.717) is 0 Å². The van der Waals surface area contributed by atoms with Crippen LogP contribution in [0.5, 0.6) is 0 Å². The fourth-order valence-electron chi connectivity index (χ4n) is 3.69. The van der Waals surface area contributed by atoms with Crippen molar-refractivity contribution in [3.05, 3.63) is 34.4 Å². The molecule has 24 heavy (non-hydrogen) atoms. The summed E-state index contributed by atoms with van der Waals surface area (Å²) >= 11 is 0. The molecule has 7 nitrogen and oxygen atoms in total. The number of nitrogens with zero attached hydrogens (tertiary/aromatic N) is 3. The lowest BCUT2D eigenvalue weighted by Crippen LogP contribution is -2.51. The van der Waals surface area contributed by atoms with Crippen molar-refractivity contribution in [3.63, 3.8) is 0 Å². The number of nitrogens with one attached hydrogen (secondary N) is 1. The van der Waals surface area contributed by atoms with Crippen molar-refractivity contribution < 1.29 is 9.72 Å². The Bertz CT molecular complexity index is 593. The van der Waals surface area contributed by atoms with Gasteiger partial charge in [0.2, 0.25) is 5.91 Å². The normalized spacial score (nSPS) is 20.2. The highest BCUT2D eigenvalue weighted by molar-refractivity contribution is 5.94. The molecular weight excluding hydrogens is 308 g/mol. The topological polar surface area (TPSA) is 78.7 Å². The molecule has 0 atom stereocenters. The molecule has 0 unspecified atom stereocenters. The van der Waals surface area contributed by atoms with Gasteiger partial charge < -0.3 is 5.32 Å². The van der Waals surface area contributed by atoms with Crippen LogP contribution in [0.3, 0.4) is 0 Å². The molecule has 0 aromatic heterocycles. The highest BCUT2D eigenvalue weighted by Crippen LogP contribution is 2.25. The highest BCUT2D eigenvalue weighted by atomic mass is 16.6. The van der Waals surface area contributed by atoms with E-state index in [2.05, 4.69) is 15.1 Å². The Morgan fingerprint density at radius 2 is 1.83 bits per heavy atom. The molecule has 1 N–H and O–H groups in total. The average molecular weight is 332 g/mol. The number of anilines is 1. The number of benzene rings is 1. The number of nitro benzene ring substituents is 1. The largest absolute Gasteiger partial charge is 0.319 e. The molecule has 1 aliphatic carbocycles. The van der Waals surface area contributed by atoms with E-state index in [1.54, 1.807) is 18.2 Å². The Balaban J connectivity index is 1.48. The van der Waals surface area contributed by atoms with E-state index in [4.69, 9.17) is 0 Å². The van der Waals surface area contributed by atoms with Gasteiger partial charge in [0.15, 0.2) is 0 Å². The number of carbonyl (C=O) groups excluding carboxylic acids is 1. The molecule has 1 saturated heterocycles. The van der Waals surface area contributed by atoms with Crippen LogP contribution in [-0.2, 0) is 4.79 Å². The maximum Gasteiger partial charge on any atom is 0.292 e. The summed E-state index contributed by atoms with van der Waals surface area (Å²) in [5.74, 6) is -0.196. The fraction of sp³-hybridized carbons (Fsp3) is 0.588. The van der Waals surface area contributed by atoms with Gasteiger partial charge in [-0.15, -0.1) is 0 Å². The van der Waals surface area contributed by atoms with Crippen LogP contribution in [0.2, 0.25) is 0 Å². The quantitative estimate of drug-likeness (QED) is 0.660. The van der Waals surface area contributed by atoms with Crippen molar-refractivity contribution in [2.24, 2.45) is 0 Å². The summed E-state index contributed by atoms with van der Waals surface area (Å²) in [5, 5.41) is 13.7. The Hall–Kier alpha value is -1.99. The predicted molar refractivity (Wildman–Crippen MR) is 92.0 cm³/mol. The third-order valence-electron chi connectivity index (χ3n) is 4.99. The molecule has 1 aromatic carbocycles. The van der Waals surface area contributed by atoms with Gasteiger partial charge in [0, 0.05) is 38.3 Å². The summed E-state index contributed by atoms with van der Waals surface area (Å²) < 4.78 is 0. The summed E-state index contributed by atoms with van der Waals surface area (Å²) in [7, 11) is 0.